The number of benzene rings is 1. The van der Waals surface area contributed by atoms with Crippen molar-refractivity contribution in [3.05, 3.63) is 18.2 Å². The second-order valence-corrected chi connectivity index (χ2v) is 4.66. The molecule has 0 aliphatic carbocycles. The molecule has 0 atom stereocenters. The van der Waals surface area contributed by atoms with Crippen LogP contribution in [0.25, 0.3) is 0 Å². The van der Waals surface area contributed by atoms with Crippen molar-refractivity contribution in [2.45, 2.75) is 0 Å². The van der Waals surface area contributed by atoms with E-state index in [1.807, 2.05) is 0 Å². The van der Waals surface area contributed by atoms with Crippen molar-refractivity contribution in [2.24, 2.45) is 0 Å². The average molecular weight is 233 g/mol. The zero-order valence-electron chi connectivity index (χ0n) is 10.3. The summed E-state index contributed by atoms with van der Waals surface area (Å²) in [4.78, 5) is 4.66. The van der Waals surface area contributed by atoms with E-state index < -0.39 is 0 Å². The van der Waals surface area contributed by atoms with Crippen LogP contribution in [-0.2, 0) is 0 Å². The van der Waals surface area contributed by atoms with Gasteiger partial charge in [0.05, 0.1) is 12.2 Å². The number of piperazine rings is 1. The monoisotopic (exact) mass is 233 g/mol. The largest absolute Gasteiger partial charge is 0.489 e. The fourth-order valence-electron chi connectivity index (χ4n) is 2.47. The summed E-state index contributed by atoms with van der Waals surface area (Å²) in [7, 11) is 2.12. The maximum absolute atomic E-state index is 5.74. The van der Waals surface area contributed by atoms with Gasteiger partial charge in [0.15, 0.2) is 0 Å². The number of fused-ring (bicyclic) bond motifs is 1. The van der Waals surface area contributed by atoms with Crippen molar-refractivity contribution in [1.82, 2.24) is 5.32 Å². The molecule has 0 aromatic heterocycles. The lowest BCUT2D eigenvalue weighted by Gasteiger charge is -2.32. The number of hydrogen-bond acceptors (Lipinski definition) is 4. The molecule has 1 N–H and O–H groups in total. The third kappa shape index (κ3) is 2.05. The minimum atomic E-state index is 0.786. The Balaban J connectivity index is 1.86. The summed E-state index contributed by atoms with van der Waals surface area (Å²) in [5.41, 5.74) is 2.48. The summed E-state index contributed by atoms with van der Waals surface area (Å²) in [6.45, 7) is 6.05. The van der Waals surface area contributed by atoms with Gasteiger partial charge in [-0.15, -0.1) is 0 Å². The Bertz CT molecular complexity index is 402. The van der Waals surface area contributed by atoms with Crippen LogP contribution in [0.5, 0.6) is 5.75 Å². The standard InChI is InChI=1S/C13H19N3O/c1-15-8-9-17-13-10-11(2-3-12(13)15)16-6-4-14-5-7-16/h2-3,10,14H,4-9H2,1H3. The zero-order chi connectivity index (χ0) is 11.7. The molecule has 1 aromatic carbocycles. The third-order valence-electron chi connectivity index (χ3n) is 3.52. The molecule has 1 fully saturated rings. The van der Waals surface area contributed by atoms with Gasteiger partial charge in [-0.2, -0.15) is 0 Å². The molecule has 17 heavy (non-hydrogen) atoms. The first-order chi connectivity index (χ1) is 8.34. The van der Waals surface area contributed by atoms with Gasteiger partial charge in [0.25, 0.3) is 0 Å². The molecule has 0 amide bonds. The number of hydrogen-bond donors (Lipinski definition) is 1. The van der Waals surface area contributed by atoms with Gasteiger partial charge in [0, 0.05) is 45.0 Å². The van der Waals surface area contributed by atoms with Crippen LogP contribution >= 0.6 is 0 Å². The molecular weight excluding hydrogens is 214 g/mol. The summed E-state index contributed by atoms with van der Waals surface area (Å²) in [6.07, 6.45) is 0. The number of ether oxygens (including phenoxy) is 1. The molecule has 1 aromatic rings. The van der Waals surface area contributed by atoms with Crippen LogP contribution in [0.15, 0.2) is 18.2 Å². The van der Waals surface area contributed by atoms with Gasteiger partial charge in [-0.1, -0.05) is 0 Å². The van der Waals surface area contributed by atoms with Gasteiger partial charge in [0.1, 0.15) is 12.4 Å². The Kier molecular flexibility index (Phi) is 2.81. The minimum absolute atomic E-state index is 0.786. The fraction of sp³-hybridized carbons (Fsp3) is 0.538. The van der Waals surface area contributed by atoms with Crippen LogP contribution < -0.4 is 19.9 Å². The Hall–Kier alpha value is -1.42. The molecule has 0 saturated carbocycles. The van der Waals surface area contributed by atoms with E-state index in [0.717, 1.165) is 45.1 Å². The summed E-state index contributed by atoms with van der Waals surface area (Å²) in [6, 6.07) is 6.55. The van der Waals surface area contributed by atoms with Crippen LogP contribution in [0.1, 0.15) is 0 Å². The molecule has 4 nitrogen and oxygen atoms in total. The van der Waals surface area contributed by atoms with E-state index in [1.165, 1.54) is 11.4 Å². The lowest BCUT2D eigenvalue weighted by molar-refractivity contribution is 0.311. The summed E-state index contributed by atoms with van der Waals surface area (Å²) in [5.74, 6) is 1.02. The highest BCUT2D eigenvalue weighted by atomic mass is 16.5. The average Bonchev–Trinajstić information content (AvgIpc) is 2.40. The van der Waals surface area contributed by atoms with Gasteiger partial charge in [-0.25, -0.2) is 0 Å². The predicted molar refractivity (Wildman–Crippen MR) is 70.3 cm³/mol. The van der Waals surface area contributed by atoms with E-state index >= 15 is 0 Å². The van der Waals surface area contributed by atoms with Gasteiger partial charge >= 0.3 is 0 Å². The maximum atomic E-state index is 5.74. The molecule has 0 radical (unpaired) electrons. The molecule has 2 aliphatic heterocycles. The lowest BCUT2D eigenvalue weighted by atomic mass is 10.2. The molecule has 3 rings (SSSR count). The van der Waals surface area contributed by atoms with Crippen molar-refractivity contribution in [3.8, 4) is 5.75 Å². The van der Waals surface area contributed by atoms with Crippen LogP contribution in [0.2, 0.25) is 0 Å². The van der Waals surface area contributed by atoms with Gasteiger partial charge in [-0.05, 0) is 12.1 Å². The maximum Gasteiger partial charge on any atom is 0.144 e. The van der Waals surface area contributed by atoms with E-state index in [1.54, 1.807) is 0 Å². The van der Waals surface area contributed by atoms with E-state index in [2.05, 4.69) is 40.4 Å². The number of nitrogens with one attached hydrogen (secondary N) is 1. The first kappa shape index (κ1) is 10.7. The lowest BCUT2D eigenvalue weighted by Crippen LogP contribution is -2.43. The fourth-order valence-corrected chi connectivity index (χ4v) is 2.47. The van der Waals surface area contributed by atoms with E-state index in [-0.39, 0.29) is 0 Å². The molecule has 0 bridgehead atoms. The molecule has 4 heteroatoms. The van der Waals surface area contributed by atoms with E-state index in [0.29, 0.717) is 0 Å². The highest BCUT2D eigenvalue weighted by Gasteiger charge is 2.17. The number of nitrogens with zero attached hydrogens (tertiary/aromatic N) is 2. The second-order valence-electron chi connectivity index (χ2n) is 4.66. The second kappa shape index (κ2) is 4.45. The quantitative estimate of drug-likeness (QED) is 0.781. The minimum Gasteiger partial charge on any atom is -0.489 e. The van der Waals surface area contributed by atoms with Crippen molar-refractivity contribution in [2.75, 3.05) is 56.2 Å². The molecular formula is C13H19N3O. The van der Waals surface area contributed by atoms with Crippen molar-refractivity contribution >= 4 is 11.4 Å². The van der Waals surface area contributed by atoms with Gasteiger partial charge in [0.2, 0.25) is 0 Å². The summed E-state index contributed by atoms with van der Waals surface area (Å²) < 4.78 is 5.74. The Morgan fingerprint density at radius 2 is 2.00 bits per heavy atom. The van der Waals surface area contributed by atoms with E-state index in [4.69, 9.17) is 4.74 Å². The first-order valence-corrected chi connectivity index (χ1v) is 6.28. The molecule has 2 heterocycles. The predicted octanol–water partition coefficient (Wildman–Crippen LogP) is 0.925. The summed E-state index contributed by atoms with van der Waals surface area (Å²) >= 11 is 0. The summed E-state index contributed by atoms with van der Waals surface area (Å²) in [5, 5.41) is 3.37. The van der Waals surface area contributed by atoms with Gasteiger partial charge < -0.3 is 19.9 Å². The number of anilines is 2. The molecule has 1 saturated heterocycles. The van der Waals surface area contributed by atoms with Crippen molar-refractivity contribution in [1.29, 1.82) is 0 Å². The number of rotatable bonds is 1. The number of likely N-dealkylation sites (N-methyl/N-ethyl adjacent to an activating group) is 1. The van der Waals surface area contributed by atoms with E-state index in [9.17, 15) is 0 Å². The van der Waals surface area contributed by atoms with Gasteiger partial charge in [-0.3, -0.25) is 0 Å². The molecule has 0 spiro atoms. The molecule has 0 unspecified atom stereocenters. The highest BCUT2D eigenvalue weighted by molar-refractivity contribution is 5.66. The zero-order valence-corrected chi connectivity index (χ0v) is 10.3. The first-order valence-electron chi connectivity index (χ1n) is 6.28. The van der Waals surface area contributed by atoms with Crippen LogP contribution in [0, 0.1) is 0 Å². The topological polar surface area (TPSA) is 27.7 Å². The van der Waals surface area contributed by atoms with Crippen molar-refractivity contribution in [3.63, 3.8) is 0 Å². The Morgan fingerprint density at radius 3 is 2.82 bits per heavy atom. The SMILES string of the molecule is CN1CCOc2cc(N3CCNCC3)ccc21. The van der Waals surface area contributed by atoms with Crippen LogP contribution in [0.3, 0.4) is 0 Å². The Labute approximate surface area is 102 Å². The highest BCUT2D eigenvalue weighted by Crippen LogP contribution is 2.34. The molecule has 2 aliphatic rings. The van der Waals surface area contributed by atoms with Crippen LogP contribution in [-0.4, -0.2) is 46.4 Å². The third-order valence-corrected chi connectivity index (χ3v) is 3.52. The molecule has 92 valence electrons. The smallest absolute Gasteiger partial charge is 0.144 e. The Morgan fingerprint density at radius 1 is 1.18 bits per heavy atom. The normalized spacial score (nSPS) is 19.8. The van der Waals surface area contributed by atoms with Crippen molar-refractivity contribution < 1.29 is 4.74 Å². The van der Waals surface area contributed by atoms with Crippen LogP contribution in [0.4, 0.5) is 11.4 Å².